The van der Waals surface area contributed by atoms with E-state index in [1.54, 1.807) is 0 Å². The Hall–Kier alpha value is -0.420. The lowest BCUT2D eigenvalue weighted by Crippen LogP contribution is -2.48. The van der Waals surface area contributed by atoms with E-state index in [4.69, 9.17) is 9.47 Å². The zero-order valence-corrected chi connectivity index (χ0v) is 13.5. The highest BCUT2D eigenvalue weighted by Gasteiger charge is 2.41. The molecule has 3 atom stereocenters. The molecule has 0 saturated carbocycles. The third-order valence-corrected chi connectivity index (χ3v) is 4.89. The van der Waals surface area contributed by atoms with Crippen molar-refractivity contribution in [2.24, 2.45) is 0 Å². The topological polar surface area (TPSA) is 30.5 Å². The number of hydrogen-bond donors (Lipinski definition) is 1. The van der Waals surface area contributed by atoms with Gasteiger partial charge in [-0.05, 0) is 37.5 Å². The molecule has 1 spiro atoms. The van der Waals surface area contributed by atoms with Crippen molar-refractivity contribution in [1.29, 1.82) is 0 Å². The average molecular weight is 340 g/mol. The molecule has 0 amide bonds. The molecule has 0 aliphatic carbocycles. The van der Waals surface area contributed by atoms with Gasteiger partial charge in [0.15, 0.2) is 0 Å². The Morgan fingerprint density at radius 2 is 2.30 bits per heavy atom. The first kappa shape index (κ1) is 14.5. The minimum Gasteiger partial charge on any atom is -0.378 e. The molecule has 0 radical (unpaired) electrons. The van der Waals surface area contributed by atoms with Crippen LogP contribution in [0.2, 0.25) is 0 Å². The standard InChI is InChI=1S/C16H22BrNO2/c1-12(13-3-2-4-14(17)9-13)18-15-5-7-20-16(10-15)6-8-19-11-16/h2-4,9,12,15,18H,5-8,10-11H2,1H3/t12-,15?,16?/m1/s1. The van der Waals surface area contributed by atoms with Crippen LogP contribution in [0.3, 0.4) is 0 Å². The van der Waals surface area contributed by atoms with Crippen LogP contribution in [0.1, 0.15) is 37.8 Å². The summed E-state index contributed by atoms with van der Waals surface area (Å²) in [5, 5.41) is 3.76. The van der Waals surface area contributed by atoms with E-state index in [2.05, 4.69) is 52.4 Å². The Kier molecular flexibility index (Phi) is 4.46. The number of benzene rings is 1. The molecule has 3 rings (SSSR count). The predicted molar refractivity (Wildman–Crippen MR) is 82.8 cm³/mol. The SMILES string of the molecule is C[C@@H](NC1CCOC2(CCOC2)C1)c1cccc(Br)c1. The molecule has 110 valence electrons. The van der Waals surface area contributed by atoms with Gasteiger partial charge in [0.1, 0.15) is 0 Å². The van der Waals surface area contributed by atoms with Crippen molar-refractivity contribution in [2.45, 2.75) is 43.9 Å². The highest BCUT2D eigenvalue weighted by atomic mass is 79.9. The summed E-state index contributed by atoms with van der Waals surface area (Å²) in [6, 6.07) is 9.39. The average Bonchev–Trinajstić information content (AvgIpc) is 2.87. The summed E-state index contributed by atoms with van der Waals surface area (Å²) in [5.74, 6) is 0. The van der Waals surface area contributed by atoms with E-state index in [1.807, 2.05) is 0 Å². The van der Waals surface area contributed by atoms with Crippen molar-refractivity contribution in [3.05, 3.63) is 34.3 Å². The summed E-state index contributed by atoms with van der Waals surface area (Å²) >= 11 is 3.54. The zero-order valence-electron chi connectivity index (χ0n) is 11.9. The van der Waals surface area contributed by atoms with Crippen LogP contribution >= 0.6 is 15.9 Å². The molecule has 2 fully saturated rings. The van der Waals surface area contributed by atoms with Gasteiger partial charge in [0.2, 0.25) is 0 Å². The van der Waals surface area contributed by atoms with Gasteiger partial charge < -0.3 is 14.8 Å². The number of nitrogens with one attached hydrogen (secondary N) is 1. The molecule has 2 heterocycles. The summed E-state index contributed by atoms with van der Waals surface area (Å²) in [5.41, 5.74) is 1.30. The van der Waals surface area contributed by atoms with E-state index >= 15 is 0 Å². The van der Waals surface area contributed by atoms with E-state index in [0.29, 0.717) is 12.1 Å². The van der Waals surface area contributed by atoms with Crippen LogP contribution in [0.25, 0.3) is 0 Å². The molecule has 2 unspecified atom stereocenters. The van der Waals surface area contributed by atoms with Crippen LogP contribution in [-0.4, -0.2) is 31.5 Å². The van der Waals surface area contributed by atoms with Gasteiger partial charge in [0.05, 0.1) is 12.2 Å². The summed E-state index contributed by atoms with van der Waals surface area (Å²) < 4.78 is 12.7. The second kappa shape index (κ2) is 6.14. The maximum atomic E-state index is 5.99. The van der Waals surface area contributed by atoms with Crippen molar-refractivity contribution < 1.29 is 9.47 Å². The van der Waals surface area contributed by atoms with Gasteiger partial charge in [-0.3, -0.25) is 0 Å². The molecular formula is C16H22BrNO2. The number of halogens is 1. The molecule has 1 aromatic carbocycles. The quantitative estimate of drug-likeness (QED) is 0.914. The minimum absolute atomic E-state index is 0.0209. The minimum atomic E-state index is -0.0209. The fourth-order valence-corrected chi connectivity index (χ4v) is 3.68. The summed E-state index contributed by atoms with van der Waals surface area (Å²) in [6.45, 7) is 4.67. The Morgan fingerprint density at radius 1 is 1.40 bits per heavy atom. The van der Waals surface area contributed by atoms with Crippen molar-refractivity contribution in [3.63, 3.8) is 0 Å². The fraction of sp³-hybridized carbons (Fsp3) is 0.625. The molecule has 3 nitrogen and oxygen atoms in total. The highest BCUT2D eigenvalue weighted by Crippen LogP contribution is 2.33. The van der Waals surface area contributed by atoms with Crippen molar-refractivity contribution in [2.75, 3.05) is 19.8 Å². The Bertz CT molecular complexity index is 460. The Labute approximate surface area is 129 Å². The van der Waals surface area contributed by atoms with Gasteiger partial charge >= 0.3 is 0 Å². The molecule has 1 N–H and O–H groups in total. The summed E-state index contributed by atoms with van der Waals surface area (Å²) in [6.07, 6.45) is 3.18. The molecule has 1 aromatic rings. The Morgan fingerprint density at radius 3 is 3.05 bits per heavy atom. The normalized spacial score (nSPS) is 31.6. The third kappa shape index (κ3) is 3.25. The molecule has 2 aliphatic rings. The third-order valence-electron chi connectivity index (χ3n) is 4.39. The number of rotatable bonds is 3. The summed E-state index contributed by atoms with van der Waals surface area (Å²) in [7, 11) is 0. The first-order chi connectivity index (χ1) is 9.67. The lowest BCUT2D eigenvalue weighted by atomic mass is 9.89. The molecule has 0 bridgehead atoms. The number of hydrogen-bond acceptors (Lipinski definition) is 3. The van der Waals surface area contributed by atoms with Gasteiger partial charge in [0, 0.05) is 36.2 Å². The molecule has 2 aliphatic heterocycles. The largest absolute Gasteiger partial charge is 0.378 e. The van der Waals surface area contributed by atoms with Crippen LogP contribution < -0.4 is 5.32 Å². The monoisotopic (exact) mass is 339 g/mol. The Balaban J connectivity index is 1.62. The molecular weight excluding hydrogens is 318 g/mol. The van der Waals surface area contributed by atoms with E-state index in [9.17, 15) is 0 Å². The van der Waals surface area contributed by atoms with Crippen LogP contribution in [0.4, 0.5) is 0 Å². The van der Waals surface area contributed by atoms with Crippen LogP contribution in [-0.2, 0) is 9.47 Å². The molecule has 20 heavy (non-hydrogen) atoms. The van der Waals surface area contributed by atoms with E-state index in [-0.39, 0.29) is 5.60 Å². The fourth-order valence-electron chi connectivity index (χ4n) is 3.26. The first-order valence-electron chi connectivity index (χ1n) is 7.40. The maximum absolute atomic E-state index is 5.99. The van der Waals surface area contributed by atoms with E-state index in [1.165, 1.54) is 5.56 Å². The summed E-state index contributed by atoms with van der Waals surface area (Å²) in [4.78, 5) is 0. The lowest BCUT2D eigenvalue weighted by molar-refractivity contribution is -0.0902. The number of ether oxygens (including phenoxy) is 2. The zero-order chi connectivity index (χ0) is 14.0. The van der Waals surface area contributed by atoms with Gasteiger partial charge in [0.25, 0.3) is 0 Å². The smallest absolute Gasteiger partial charge is 0.0951 e. The van der Waals surface area contributed by atoms with Gasteiger partial charge in [-0.15, -0.1) is 0 Å². The second-order valence-electron chi connectivity index (χ2n) is 5.97. The van der Waals surface area contributed by atoms with E-state index < -0.39 is 0 Å². The van der Waals surface area contributed by atoms with Gasteiger partial charge in [-0.1, -0.05) is 28.1 Å². The lowest BCUT2D eigenvalue weighted by Gasteiger charge is -2.38. The van der Waals surface area contributed by atoms with Crippen LogP contribution in [0, 0.1) is 0 Å². The van der Waals surface area contributed by atoms with Gasteiger partial charge in [-0.25, -0.2) is 0 Å². The first-order valence-corrected chi connectivity index (χ1v) is 8.19. The maximum Gasteiger partial charge on any atom is 0.0951 e. The highest BCUT2D eigenvalue weighted by molar-refractivity contribution is 9.10. The van der Waals surface area contributed by atoms with Crippen LogP contribution in [0.5, 0.6) is 0 Å². The van der Waals surface area contributed by atoms with E-state index in [0.717, 1.165) is 43.6 Å². The second-order valence-corrected chi connectivity index (χ2v) is 6.88. The predicted octanol–water partition coefficient (Wildman–Crippen LogP) is 3.44. The molecule has 0 aromatic heterocycles. The van der Waals surface area contributed by atoms with Crippen molar-refractivity contribution in [3.8, 4) is 0 Å². The van der Waals surface area contributed by atoms with Crippen molar-refractivity contribution >= 4 is 15.9 Å². The van der Waals surface area contributed by atoms with Crippen molar-refractivity contribution in [1.82, 2.24) is 5.32 Å². The molecule has 2 saturated heterocycles. The molecule has 4 heteroatoms. The van der Waals surface area contributed by atoms with Crippen LogP contribution in [0.15, 0.2) is 28.7 Å². The van der Waals surface area contributed by atoms with Gasteiger partial charge in [-0.2, -0.15) is 0 Å².